The molecule has 160 valence electrons. The number of hydrogen-bond acceptors (Lipinski definition) is 4. The molecule has 5 heteroatoms. The van der Waals surface area contributed by atoms with E-state index in [2.05, 4.69) is 64.5 Å². The number of aryl methyl sites for hydroxylation is 1. The Balaban J connectivity index is 1.21. The van der Waals surface area contributed by atoms with E-state index in [-0.39, 0.29) is 5.91 Å². The van der Waals surface area contributed by atoms with E-state index in [9.17, 15) is 4.79 Å². The second-order valence-electron chi connectivity index (χ2n) is 8.37. The van der Waals surface area contributed by atoms with E-state index >= 15 is 0 Å². The van der Waals surface area contributed by atoms with Gasteiger partial charge in [-0.15, -0.1) is 10.2 Å². The normalized spacial score (nSPS) is 14.0. The summed E-state index contributed by atoms with van der Waals surface area (Å²) in [4.78, 5) is 16.8. The van der Waals surface area contributed by atoms with Crippen LogP contribution in [0.3, 0.4) is 0 Å². The molecule has 1 aliphatic rings. The van der Waals surface area contributed by atoms with Gasteiger partial charge in [-0.05, 0) is 41.5 Å². The van der Waals surface area contributed by atoms with Crippen molar-refractivity contribution in [3.63, 3.8) is 0 Å². The summed E-state index contributed by atoms with van der Waals surface area (Å²) >= 11 is 0. The van der Waals surface area contributed by atoms with E-state index < -0.39 is 0 Å². The lowest BCUT2D eigenvalue weighted by Gasteiger charge is -2.35. The van der Waals surface area contributed by atoms with Gasteiger partial charge in [0.25, 0.3) is 0 Å². The molecule has 0 unspecified atom stereocenters. The molecule has 2 heterocycles. The van der Waals surface area contributed by atoms with Gasteiger partial charge < -0.3 is 9.80 Å². The molecule has 0 aliphatic carbocycles. The fraction of sp³-hybridized carbons (Fsp3) is 0.222. The lowest BCUT2D eigenvalue weighted by molar-refractivity contribution is -0.130. The summed E-state index contributed by atoms with van der Waals surface area (Å²) in [5.74, 6) is 1.05. The van der Waals surface area contributed by atoms with E-state index in [1.165, 1.54) is 16.3 Å². The first-order chi connectivity index (χ1) is 15.7. The van der Waals surface area contributed by atoms with Crippen molar-refractivity contribution in [3.8, 4) is 11.3 Å². The number of carbonyl (C=O) groups is 1. The van der Waals surface area contributed by atoms with Gasteiger partial charge in [-0.2, -0.15) is 0 Å². The maximum atomic E-state index is 12.7. The first-order valence-electron chi connectivity index (χ1n) is 11.1. The Hall–Kier alpha value is -3.73. The van der Waals surface area contributed by atoms with Crippen LogP contribution in [0.5, 0.6) is 0 Å². The zero-order valence-corrected chi connectivity index (χ0v) is 18.2. The van der Waals surface area contributed by atoms with Gasteiger partial charge in [0.2, 0.25) is 5.91 Å². The Bertz CT molecular complexity index is 1230. The summed E-state index contributed by atoms with van der Waals surface area (Å²) in [5, 5.41) is 11.4. The van der Waals surface area contributed by atoms with Crippen LogP contribution in [0.4, 0.5) is 5.82 Å². The lowest BCUT2D eigenvalue weighted by atomic mass is 10.1. The fourth-order valence-electron chi connectivity index (χ4n) is 4.17. The minimum Gasteiger partial charge on any atom is -0.352 e. The van der Waals surface area contributed by atoms with E-state index in [4.69, 9.17) is 0 Å². The smallest absolute Gasteiger partial charge is 0.227 e. The van der Waals surface area contributed by atoms with Crippen molar-refractivity contribution in [3.05, 3.63) is 90.0 Å². The molecule has 32 heavy (non-hydrogen) atoms. The zero-order chi connectivity index (χ0) is 21.9. The number of rotatable bonds is 4. The Morgan fingerprint density at radius 2 is 1.56 bits per heavy atom. The summed E-state index contributed by atoms with van der Waals surface area (Å²) in [7, 11) is 0. The molecule has 1 fully saturated rings. The summed E-state index contributed by atoms with van der Waals surface area (Å²) < 4.78 is 0. The SMILES string of the molecule is Cc1ccc(CC(=O)N2CCN(c3ccc(-c4ccc5ccccc5c4)nn3)CC2)cc1. The van der Waals surface area contributed by atoms with Gasteiger partial charge >= 0.3 is 0 Å². The summed E-state index contributed by atoms with van der Waals surface area (Å²) in [6.07, 6.45) is 0.459. The number of piperazine rings is 1. The molecule has 0 radical (unpaired) electrons. The van der Waals surface area contributed by atoms with E-state index in [1.54, 1.807) is 0 Å². The van der Waals surface area contributed by atoms with Crippen molar-refractivity contribution in [1.82, 2.24) is 15.1 Å². The molecule has 0 saturated carbocycles. The number of hydrogen-bond donors (Lipinski definition) is 0. The van der Waals surface area contributed by atoms with Gasteiger partial charge in [0.05, 0.1) is 12.1 Å². The highest BCUT2D eigenvalue weighted by Crippen LogP contribution is 2.24. The maximum Gasteiger partial charge on any atom is 0.227 e. The third-order valence-electron chi connectivity index (χ3n) is 6.13. The summed E-state index contributed by atoms with van der Waals surface area (Å²) in [6, 6.07) is 26.9. The molecule has 5 rings (SSSR count). The highest BCUT2D eigenvalue weighted by molar-refractivity contribution is 5.86. The van der Waals surface area contributed by atoms with Crippen LogP contribution in [-0.2, 0) is 11.2 Å². The molecule has 3 aromatic carbocycles. The van der Waals surface area contributed by atoms with Crippen LogP contribution < -0.4 is 4.90 Å². The molecule has 5 nitrogen and oxygen atoms in total. The number of nitrogens with zero attached hydrogens (tertiary/aromatic N) is 4. The first kappa shape index (κ1) is 20.2. The number of aromatic nitrogens is 2. The van der Waals surface area contributed by atoms with Gasteiger partial charge in [0.15, 0.2) is 5.82 Å². The first-order valence-corrected chi connectivity index (χ1v) is 11.1. The second-order valence-corrected chi connectivity index (χ2v) is 8.37. The molecular weight excluding hydrogens is 396 g/mol. The van der Waals surface area contributed by atoms with Gasteiger partial charge in [-0.3, -0.25) is 4.79 Å². The quantitative estimate of drug-likeness (QED) is 0.486. The Morgan fingerprint density at radius 3 is 2.28 bits per heavy atom. The van der Waals surface area contributed by atoms with Crippen molar-refractivity contribution in [2.45, 2.75) is 13.3 Å². The summed E-state index contributed by atoms with van der Waals surface area (Å²) in [6.45, 7) is 5.01. The average Bonchev–Trinajstić information content (AvgIpc) is 2.85. The van der Waals surface area contributed by atoms with Crippen LogP contribution in [-0.4, -0.2) is 47.2 Å². The number of anilines is 1. The third-order valence-corrected chi connectivity index (χ3v) is 6.13. The van der Waals surface area contributed by atoms with Gasteiger partial charge in [0.1, 0.15) is 0 Å². The van der Waals surface area contributed by atoms with Crippen molar-refractivity contribution in [1.29, 1.82) is 0 Å². The standard InChI is InChI=1S/C27H26N4O/c1-20-6-8-21(9-7-20)18-27(32)31-16-14-30(15-17-31)26-13-12-25(28-29-26)24-11-10-22-4-2-3-5-23(22)19-24/h2-13,19H,14-18H2,1H3. The molecule has 0 N–H and O–H groups in total. The number of carbonyl (C=O) groups excluding carboxylic acids is 1. The topological polar surface area (TPSA) is 49.3 Å². The van der Waals surface area contributed by atoms with Crippen molar-refractivity contribution < 1.29 is 4.79 Å². The largest absolute Gasteiger partial charge is 0.352 e. The van der Waals surface area contributed by atoms with Crippen molar-refractivity contribution >= 4 is 22.5 Å². The molecular formula is C27H26N4O. The Morgan fingerprint density at radius 1 is 0.812 bits per heavy atom. The number of benzene rings is 3. The van der Waals surface area contributed by atoms with E-state index in [1.807, 2.05) is 41.3 Å². The van der Waals surface area contributed by atoms with E-state index in [0.29, 0.717) is 19.5 Å². The van der Waals surface area contributed by atoms with Crippen LogP contribution in [0.25, 0.3) is 22.0 Å². The maximum absolute atomic E-state index is 12.7. The fourth-order valence-corrected chi connectivity index (χ4v) is 4.17. The predicted molar refractivity (Wildman–Crippen MR) is 129 cm³/mol. The molecule has 4 aromatic rings. The van der Waals surface area contributed by atoms with Gasteiger partial charge in [-0.1, -0.05) is 66.2 Å². The lowest BCUT2D eigenvalue weighted by Crippen LogP contribution is -2.49. The Labute approximate surface area is 188 Å². The average molecular weight is 423 g/mol. The van der Waals surface area contributed by atoms with Crippen LogP contribution in [0, 0.1) is 6.92 Å². The van der Waals surface area contributed by atoms with Crippen molar-refractivity contribution in [2.24, 2.45) is 0 Å². The monoisotopic (exact) mass is 422 g/mol. The van der Waals surface area contributed by atoms with Crippen LogP contribution in [0.2, 0.25) is 0 Å². The Kier molecular flexibility index (Phi) is 5.55. The van der Waals surface area contributed by atoms with E-state index in [0.717, 1.165) is 35.7 Å². The molecule has 1 amide bonds. The van der Waals surface area contributed by atoms with Gasteiger partial charge in [0, 0.05) is 31.7 Å². The highest BCUT2D eigenvalue weighted by Gasteiger charge is 2.22. The molecule has 1 saturated heterocycles. The second kappa shape index (κ2) is 8.79. The highest BCUT2D eigenvalue weighted by atomic mass is 16.2. The third kappa shape index (κ3) is 4.33. The molecule has 0 atom stereocenters. The van der Waals surface area contributed by atoms with Crippen LogP contribution in [0.15, 0.2) is 78.9 Å². The van der Waals surface area contributed by atoms with Crippen molar-refractivity contribution in [2.75, 3.05) is 31.1 Å². The molecule has 0 spiro atoms. The van der Waals surface area contributed by atoms with Gasteiger partial charge in [-0.25, -0.2) is 0 Å². The predicted octanol–water partition coefficient (Wildman–Crippen LogP) is 4.50. The minimum atomic E-state index is 0.186. The molecule has 1 aliphatic heterocycles. The number of amides is 1. The number of fused-ring (bicyclic) bond motifs is 1. The zero-order valence-electron chi connectivity index (χ0n) is 18.2. The molecule has 1 aromatic heterocycles. The minimum absolute atomic E-state index is 0.186. The molecule has 0 bridgehead atoms. The van der Waals surface area contributed by atoms with Crippen LogP contribution in [0.1, 0.15) is 11.1 Å². The van der Waals surface area contributed by atoms with Crippen LogP contribution >= 0.6 is 0 Å². The summed E-state index contributed by atoms with van der Waals surface area (Å²) in [5.41, 5.74) is 4.21.